The molecule has 1 aromatic heterocycles. The topological polar surface area (TPSA) is 77.8 Å². The number of hydrogen-bond acceptors (Lipinski definition) is 4. The van der Waals surface area contributed by atoms with Crippen LogP contribution in [-0.4, -0.2) is 10.9 Å². The van der Waals surface area contributed by atoms with Crippen molar-refractivity contribution >= 4 is 46.2 Å². The van der Waals surface area contributed by atoms with E-state index >= 15 is 0 Å². The molecule has 0 spiro atoms. The van der Waals surface area contributed by atoms with E-state index in [1.807, 2.05) is 6.07 Å². The van der Waals surface area contributed by atoms with Gasteiger partial charge in [-0.25, -0.2) is 0 Å². The van der Waals surface area contributed by atoms with Crippen LogP contribution >= 0.6 is 23.2 Å². The van der Waals surface area contributed by atoms with E-state index in [1.54, 1.807) is 54.7 Å². The minimum absolute atomic E-state index is 0.312. The van der Waals surface area contributed by atoms with Crippen LogP contribution in [0, 0.1) is 11.3 Å². The maximum atomic E-state index is 12.4. The Hall–Kier alpha value is -3.07. The molecule has 0 aliphatic rings. The normalized spacial score (nSPS) is 10.0. The van der Waals surface area contributed by atoms with Crippen LogP contribution in [0.4, 0.5) is 17.1 Å². The van der Waals surface area contributed by atoms with E-state index in [4.69, 9.17) is 28.5 Å². The van der Waals surface area contributed by atoms with Crippen molar-refractivity contribution in [2.75, 3.05) is 10.6 Å². The molecule has 0 fully saturated rings. The number of anilines is 3. The number of carbonyl (C=O) groups is 1. The Kier molecular flexibility index (Phi) is 5.37. The van der Waals surface area contributed by atoms with Crippen molar-refractivity contribution in [3.63, 3.8) is 0 Å². The number of aromatic nitrogens is 1. The number of amides is 1. The van der Waals surface area contributed by atoms with Gasteiger partial charge in [0.05, 0.1) is 39.8 Å². The number of hydrogen-bond donors (Lipinski definition) is 2. The van der Waals surface area contributed by atoms with Gasteiger partial charge in [0.2, 0.25) is 0 Å². The van der Waals surface area contributed by atoms with Crippen LogP contribution in [0.1, 0.15) is 15.9 Å². The van der Waals surface area contributed by atoms with Crippen molar-refractivity contribution in [3.05, 3.63) is 82.1 Å². The number of nitriles is 1. The second-order valence-corrected chi connectivity index (χ2v) is 6.20. The van der Waals surface area contributed by atoms with Crippen molar-refractivity contribution in [1.82, 2.24) is 4.98 Å². The molecular weight excluding hydrogens is 371 g/mol. The van der Waals surface area contributed by atoms with Crippen LogP contribution in [0.5, 0.6) is 0 Å². The maximum Gasteiger partial charge on any atom is 0.257 e. The summed E-state index contributed by atoms with van der Waals surface area (Å²) in [5, 5.41) is 15.7. The van der Waals surface area contributed by atoms with Crippen LogP contribution in [0.2, 0.25) is 10.0 Å². The highest BCUT2D eigenvalue weighted by Crippen LogP contribution is 2.28. The van der Waals surface area contributed by atoms with Crippen LogP contribution in [0.3, 0.4) is 0 Å². The number of rotatable bonds is 4. The second-order valence-electron chi connectivity index (χ2n) is 5.35. The minimum atomic E-state index is -0.312. The first-order valence-corrected chi connectivity index (χ1v) is 8.29. The smallest absolute Gasteiger partial charge is 0.257 e. The molecule has 128 valence electrons. The van der Waals surface area contributed by atoms with Gasteiger partial charge in [-0.15, -0.1) is 0 Å². The average Bonchev–Trinajstić information content (AvgIpc) is 2.65. The number of carbonyl (C=O) groups excluding carboxylic acids is 1. The minimum Gasteiger partial charge on any atom is -0.353 e. The van der Waals surface area contributed by atoms with Gasteiger partial charge in [-0.05, 0) is 48.5 Å². The molecule has 0 saturated heterocycles. The van der Waals surface area contributed by atoms with Gasteiger partial charge in [0.15, 0.2) is 0 Å². The molecule has 0 aliphatic carbocycles. The SMILES string of the molecule is N#Cc1ccc(NC(=O)c2cncc(Nc3ccc(Cl)cc3Cl)c2)cc1. The van der Waals surface area contributed by atoms with E-state index in [0.717, 1.165) is 0 Å². The van der Waals surface area contributed by atoms with Crippen LogP contribution in [0.15, 0.2) is 60.9 Å². The van der Waals surface area contributed by atoms with E-state index in [9.17, 15) is 4.79 Å². The third kappa shape index (κ3) is 4.31. The summed E-state index contributed by atoms with van der Waals surface area (Å²) in [6, 6.07) is 15.4. The lowest BCUT2D eigenvalue weighted by atomic mass is 10.2. The number of pyridine rings is 1. The van der Waals surface area contributed by atoms with Gasteiger partial charge >= 0.3 is 0 Å². The van der Waals surface area contributed by atoms with Crippen molar-refractivity contribution < 1.29 is 4.79 Å². The first-order chi connectivity index (χ1) is 12.5. The maximum absolute atomic E-state index is 12.4. The summed E-state index contributed by atoms with van der Waals surface area (Å²) < 4.78 is 0. The molecule has 0 unspecified atom stereocenters. The fourth-order valence-electron chi connectivity index (χ4n) is 2.21. The molecule has 0 bridgehead atoms. The van der Waals surface area contributed by atoms with E-state index in [1.165, 1.54) is 6.20 Å². The summed E-state index contributed by atoms with van der Waals surface area (Å²) in [7, 11) is 0. The molecular formula is C19H12Cl2N4O. The molecule has 26 heavy (non-hydrogen) atoms. The van der Waals surface area contributed by atoms with Crippen molar-refractivity contribution in [1.29, 1.82) is 5.26 Å². The van der Waals surface area contributed by atoms with Gasteiger partial charge in [-0.2, -0.15) is 5.26 Å². The zero-order chi connectivity index (χ0) is 18.5. The number of benzene rings is 2. The summed E-state index contributed by atoms with van der Waals surface area (Å²) >= 11 is 12.0. The zero-order valence-electron chi connectivity index (χ0n) is 13.3. The van der Waals surface area contributed by atoms with Gasteiger partial charge in [0.1, 0.15) is 0 Å². The molecule has 5 nitrogen and oxygen atoms in total. The van der Waals surface area contributed by atoms with Gasteiger partial charge in [-0.3, -0.25) is 9.78 Å². The van der Waals surface area contributed by atoms with Gasteiger partial charge < -0.3 is 10.6 Å². The zero-order valence-corrected chi connectivity index (χ0v) is 14.8. The molecule has 3 rings (SSSR count). The highest BCUT2D eigenvalue weighted by Gasteiger charge is 2.09. The highest BCUT2D eigenvalue weighted by atomic mass is 35.5. The number of halogens is 2. The Labute approximate surface area is 160 Å². The fraction of sp³-hybridized carbons (Fsp3) is 0. The van der Waals surface area contributed by atoms with Crippen LogP contribution in [-0.2, 0) is 0 Å². The largest absolute Gasteiger partial charge is 0.353 e. The van der Waals surface area contributed by atoms with Crippen molar-refractivity contribution in [2.45, 2.75) is 0 Å². The fourth-order valence-corrected chi connectivity index (χ4v) is 2.67. The first-order valence-electron chi connectivity index (χ1n) is 7.54. The predicted molar refractivity (Wildman–Crippen MR) is 103 cm³/mol. The third-order valence-electron chi connectivity index (χ3n) is 3.48. The third-order valence-corrected chi connectivity index (χ3v) is 4.03. The van der Waals surface area contributed by atoms with E-state index in [-0.39, 0.29) is 5.91 Å². The Bertz CT molecular complexity index is 997. The summed E-state index contributed by atoms with van der Waals surface area (Å²) in [5.41, 5.74) is 2.76. The molecule has 1 heterocycles. The van der Waals surface area contributed by atoms with Crippen LogP contribution < -0.4 is 10.6 Å². The molecule has 2 N–H and O–H groups in total. The first kappa shape index (κ1) is 17.7. The second kappa shape index (κ2) is 7.87. The van der Waals surface area contributed by atoms with Crippen molar-refractivity contribution in [3.8, 4) is 6.07 Å². The Balaban J connectivity index is 1.75. The van der Waals surface area contributed by atoms with Gasteiger partial charge in [0, 0.05) is 16.9 Å². The summed E-state index contributed by atoms with van der Waals surface area (Å²) in [6.45, 7) is 0. The number of nitrogens with zero attached hydrogens (tertiary/aromatic N) is 2. The monoisotopic (exact) mass is 382 g/mol. The standard InChI is InChI=1S/C19H12Cl2N4O/c20-14-3-6-18(17(21)8-14)24-16-7-13(10-23-11-16)19(26)25-15-4-1-12(9-22)2-5-15/h1-8,10-11,24H,(H,25,26). The highest BCUT2D eigenvalue weighted by molar-refractivity contribution is 6.36. The number of nitrogens with one attached hydrogen (secondary N) is 2. The lowest BCUT2D eigenvalue weighted by molar-refractivity contribution is 0.102. The quantitative estimate of drug-likeness (QED) is 0.645. The van der Waals surface area contributed by atoms with E-state index in [2.05, 4.69) is 15.6 Å². The Morgan fingerprint density at radius 2 is 1.77 bits per heavy atom. The molecule has 0 saturated carbocycles. The predicted octanol–water partition coefficient (Wildman–Crippen LogP) is 5.26. The molecule has 2 aromatic carbocycles. The summed E-state index contributed by atoms with van der Waals surface area (Å²) in [4.78, 5) is 16.5. The summed E-state index contributed by atoms with van der Waals surface area (Å²) in [6.07, 6.45) is 3.05. The van der Waals surface area contributed by atoms with Crippen LogP contribution in [0.25, 0.3) is 0 Å². The molecule has 3 aromatic rings. The molecule has 7 heteroatoms. The lowest BCUT2D eigenvalue weighted by Gasteiger charge is -2.10. The molecule has 0 aliphatic heterocycles. The summed E-state index contributed by atoms with van der Waals surface area (Å²) in [5.74, 6) is -0.312. The van der Waals surface area contributed by atoms with Gasteiger partial charge in [0.25, 0.3) is 5.91 Å². The molecule has 1 amide bonds. The lowest BCUT2D eigenvalue weighted by Crippen LogP contribution is -2.12. The van der Waals surface area contributed by atoms with E-state index in [0.29, 0.717) is 38.2 Å². The molecule has 0 atom stereocenters. The Morgan fingerprint density at radius 3 is 2.46 bits per heavy atom. The van der Waals surface area contributed by atoms with Crippen molar-refractivity contribution in [2.24, 2.45) is 0 Å². The Morgan fingerprint density at radius 1 is 1.00 bits per heavy atom. The average molecular weight is 383 g/mol. The van der Waals surface area contributed by atoms with Gasteiger partial charge in [-0.1, -0.05) is 23.2 Å². The van der Waals surface area contributed by atoms with E-state index < -0.39 is 0 Å². The molecule has 0 radical (unpaired) electrons.